The number of halogens is 3. The Morgan fingerprint density at radius 1 is 1.23 bits per heavy atom. The second kappa shape index (κ2) is 6.24. The molecule has 8 nitrogen and oxygen atoms in total. The third kappa shape index (κ3) is 3.03. The molecular weight excluding hydrogens is 355 g/mol. The number of urea groups is 1. The number of nitrogens with zero attached hydrogens (tertiary/aromatic N) is 4. The van der Waals surface area contributed by atoms with Crippen molar-refractivity contribution in [2.45, 2.75) is 25.4 Å². The summed E-state index contributed by atoms with van der Waals surface area (Å²) in [6, 6.07) is 3.79. The minimum Gasteiger partial charge on any atom is -0.351 e. The number of nitrogens with two attached hydrogens (primary N) is 1. The molecule has 3 rings (SSSR count). The summed E-state index contributed by atoms with van der Waals surface area (Å²) in [6.45, 7) is 0. The van der Waals surface area contributed by atoms with E-state index in [1.165, 1.54) is 18.2 Å². The fourth-order valence-electron chi connectivity index (χ4n) is 2.89. The topological polar surface area (TPSA) is 115 Å². The second-order valence-electron chi connectivity index (χ2n) is 5.57. The molecule has 1 aromatic heterocycles. The van der Waals surface area contributed by atoms with E-state index in [2.05, 4.69) is 9.97 Å². The fraction of sp³-hybridized carbons (Fsp3) is 0.267. The number of carbonyl (C=O) groups is 1. The molecule has 0 unspecified atom stereocenters. The number of hydrogen-bond acceptors (Lipinski definition) is 5. The van der Waals surface area contributed by atoms with E-state index in [1.54, 1.807) is 0 Å². The lowest BCUT2D eigenvalue weighted by Gasteiger charge is -2.20. The van der Waals surface area contributed by atoms with Crippen molar-refractivity contribution >= 4 is 23.4 Å². The number of aromatic nitrogens is 2. The number of primary amides is 1. The SMILES string of the molecule is NC(=O)N(c1nc2c(c(C(F)(F)F)n1)CCC2)c1ccccc1[N+](=O)[O-]. The number of nitro groups is 1. The molecule has 2 amide bonds. The molecule has 0 spiro atoms. The van der Waals surface area contributed by atoms with Crippen LogP contribution in [0.4, 0.5) is 35.3 Å². The number of nitro benzene ring substituents is 1. The molecule has 11 heteroatoms. The van der Waals surface area contributed by atoms with Crippen molar-refractivity contribution in [3.05, 3.63) is 51.3 Å². The van der Waals surface area contributed by atoms with Crippen molar-refractivity contribution in [2.75, 3.05) is 4.90 Å². The maximum atomic E-state index is 13.4. The number of para-hydroxylation sites is 2. The summed E-state index contributed by atoms with van der Waals surface area (Å²) in [4.78, 5) is 30.3. The van der Waals surface area contributed by atoms with Gasteiger partial charge in [-0.25, -0.2) is 19.7 Å². The highest BCUT2D eigenvalue weighted by Gasteiger charge is 2.40. The molecule has 136 valence electrons. The maximum Gasteiger partial charge on any atom is 0.433 e. The predicted octanol–water partition coefficient (Wildman–Crippen LogP) is 3.11. The molecule has 0 bridgehead atoms. The lowest BCUT2D eigenvalue weighted by atomic mass is 10.1. The number of fused-ring (bicyclic) bond motifs is 1. The number of carbonyl (C=O) groups excluding carboxylic acids is 1. The number of aryl methyl sites for hydroxylation is 1. The molecule has 0 aliphatic heterocycles. The van der Waals surface area contributed by atoms with E-state index in [0.29, 0.717) is 11.3 Å². The number of alkyl halides is 3. The van der Waals surface area contributed by atoms with Gasteiger partial charge in [-0.15, -0.1) is 0 Å². The van der Waals surface area contributed by atoms with Gasteiger partial charge in [0.2, 0.25) is 5.95 Å². The summed E-state index contributed by atoms with van der Waals surface area (Å²) in [5.41, 5.74) is 3.44. The Bertz CT molecular complexity index is 901. The van der Waals surface area contributed by atoms with Crippen LogP contribution in [0.15, 0.2) is 24.3 Å². The molecule has 0 atom stereocenters. The standard InChI is InChI=1S/C15H12F3N5O3/c16-15(17,18)12-8-4-3-5-9(8)20-14(21-12)22(13(19)24)10-6-1-2-7-11(10)23(25)26/h1-2,6-7H,3-5H2,(H2,19,24). The van der Waals surface area contributed by atoms with Gasteiger partial charge >= 0.3 is 12.2 Å². The molecule has 2 N–H and O–H groups in total. The molecule has 1 aliphatic rings. The van der Waals surface area contributed by atoms with Crippen LogP contribution in [-0.2, 0) is 19.0 Å². The van der Waals surface area contributed by atoms with Crippen LogP contribution in [0.5, 0.6) is 0 Å². The Kier molecular flexibility index (Phi) is 4.22. The van der Waals surface area contributed by atoms with Gasteiger partial charge in [0.1, 0.15) is 5.69 Å². The lowest BCUT2D eigenvalue weighted by molar-refractivity contribution is -0.384. The Labute approximate surface area is 144 Å². The lowest BCUT2D eigenvalue weighted by Crippen LogP contribution is -2.34. The van der Waals surface area contributed by atoms with E-state index in [0.717, 1.165) is 6.07 Å². The first kappa shape index (κ1) is 17.6. The number of amides is 2. The molecule has 1 aromatic carbocycles. The summed E-state index contributed by atoms with van der Waals surface area (Å²) in [6.07, 6.45) is -3.82. The Morgan fingerprint density at radius 2 is 1.92 bits per heavy atom. The highest BCUT2D eigenvalue weighted by molar-refractivity contribution is 5.98. The van der Waals surface area contributed by atoms with Crippen LogP contribution < -0.4 is 10.6 Å². The zero-order valence-electron chi connectivity index (χ0n) is 13.2. The summed E-state index contributed by atoms with van der Waals surface area (Å²) in [7, 11) is 0. The Balaban J connectivity index is 2.23. The highest BCUT2D eigenvalue weighted by atomic mass is 19.4. The summed E-state index contributed by atoms with van der Waals surface area (Å²) in [5, 5.41) is 11.2. The van der Waals surface area contributed by atoms with Crippen LogP contribution in [0.3, 0.4) is 0 Å². The minimum absolute atomic E-state index is 0.0202. The van der Waals surface area contributed by atoms with Crippen molar-refractivity contribution in [1.82, 2.24) is 9.97 Å². The van der Waals surface area contributed by atoms with Gasteiger partial charge in [0.05, 0.1) is 4.92 Å². The van der Waals surface area contributed by atoms with Gasteiger partial charge < -0.3 is 5.73 Å². The van der Waals surface area contributed by atoms with Crippen molar-refractivity contribution in [3.63, 3.8) is 0 Å². The van der Waals surface area contributed by atoms with Crippen molar-refractivity contribution in [1.29, 1.82) is 0 Å². The minimum atomic E-state index is -4.75. The summed E-state index contributed by atoms with van der Waals surface area (Å²) < 4.78 is 40.1. The molecule has 2 aromatic rings. The van der Waals surface area contributed by atoms with E-state index < -0.39 is 34.5 Å². The van der Waals surface area contributed by atoms with Crippen LogP contribution >= 0.6 is 0 Å². The van der Waals surface area contributed by atoms with Gasteiger partial charge in [-0.1, -0.05) is 12.1 Å². The summed E-state index contributed by atoms with van der Waals surface area (Å²) in [5.74, 6) is -0.639. The smallest absolute Gasteiger partial charge is 0.351 e. The summed E-state index contributed by atoms with van der Waals surface area (Å²) >= 11 is 0. The van der Waals surface area contributed by atoms with E-state index >= 15 is 0 Å². The molecule has 0 fully saturated rings. The average Bonchev–Trinajstić information content (AvgIpc) is 3.01. The largest absolute Gasteiger partial charge is 0.433 e. The van der Waals surface area contributed by atoms with Crippen molar-refractivity contribution in [2.24, 2.45) is 5.73 Å². The number of anilines is 2. The van der Waals surface area contributed by atoms with E-state index in [1.807, 2.05) is 0 Å². The van der Waals surface area contributed by atoms with Gasteiger partial charge in [0.25, 0.3) is 5.69 Å². The van der Waals surface area contributed by atoms with E-state index in [9.17, 15) is 28.1 Å². The molecule has 1 aliphatic carbocycles. The maximum absolute atomic E-state index is 13.4. The van der Waals surface area contributed by atoms with Gasteiger partial charge in [-0.2, -0.15) is 13.2 Å². The molecule has 0 saturated heterocycles. The Morgan fingerprint density at radius 3 is 2.54 bits per heavy atom. The van der Waals surface area contributed by atoms with Crippen molar-refractivity contribution in [3.8, 4) is 0 Å². The molecule has 0 saturated carbocycles. The van der Waals surface area contributed by atoms with E-state index in [4.69, 9.17) is 5.73 Å². The first-order chi connectivity index (χ1) is 12.2. The van der Waals surface area contributed by atoms with Crippen LogP contribution in [0.25, 0.3) is 0 Å². The van der Waals surface area contributed by atoms with Gasteiger partial charge in [0.15, 0.2) is 5.69 Å². The molecule has 26 heavy (non-hydrogen) atoms. The Hall–Kier alpha value is -3.24. The number of rotatable bonds is 3. The van der Waals surface area contributed by atoms with Crippen LogP contribution in [0, 0.1) is 10.1 Å². The van der Waals surface area contributed by atoms with Crippen LogP contribution in [0.1, 0.15) is 23.4 Å². The number of hydrogen-bond donors (Lipinski definition) is 1. The number of benzene rings is 1. The van der Waals surface area contributed by atoms with Crippen LogP contribution in [0.2, 0.25) is 0 Å². The molecule has 0 radical (unpaired) electrons. The zero-order valence-corrected chi connectivity index (χ0v) is 13.2. The third-order valence-corrected chi connectivity index (χ3v) is 3.93. The average molecular weight is 367 g/mol. The fourth-order valence-corrected chi connectivity index (χ4v) is 2.89. The highest BCUT2D eigenvalue weighted by Crippen LogP contribution is 2.38. The molecular formula is C15H12F3N5O3. The van der Waals surface area contributed by atoms with E-state index in [-0.39, 0.29) is 29.8 Å². The third-order valence-electron chi connectivity index (χ3n) is 3.93. The van der Waals surface area contributed by atoms with Crippen molar-refractivity contribution < 1.29 is 22.9 Å². The van der Waals surface area contributed by atoms with Crippen LogP contribution in [-0.4, -0.2) is 20.9 Å². The first-order valence-corrected chi connectivity index (χ1v) is 7.50. The quantitative estimate of drug-likeness (QED) is 0.661. The second-order valence-corrected chi connectivity index (χ2v) is 5.57. The van der Waals surface area contributed by atoms with Gasteiger partial charge in [-0.05, 0) is 25.3 Å². The van der Waals surface area contributed by atoms with Gasteiger partial charge in [-0.3, -0.25) is 10.1 Å². The monoisotopic (exact) mass is 367 g/mol. The zero-order chi connectivity index (χ0) is 19.1. The molecule has 1 heterocycles. The normalized spacial score (nSPS) is 13.3. The first-order valence-electron chi connectivity index (χ1n) is 7.50. The predicted molar refractivity (Wildman–Crippen MR) is 83.9 cm³/mol. The van der Waals surface area contributed by atoms with Gasteiger partial charge in [0, 0.05) is 17.3 Å².